The number of anilines is 2. The van der Waals surface area contributed by atoms with Gasteiger partial charge in [-0.15, -0.1) is 0 Å². The Bertz CT molecular complexity index is 833. The van der Waals surface area contributed by atoms with Crippen LogP contribution in [0.5, 0.6) is 0 Å². The first kappa shape index (κ1) is 13.4. The van der Waals surface area contributed by atoms with Gasteiger partial charge < -0.3 is 5.32 Å². The van der Waals surface area contributed by atoms with Crippen molar-refractivity contribution in [2.75, 3.05) is 5.32 Å². The molecule has 0 amide bonds. The van der Waals surface area contributed by atoms with Crippen molar-refractivity contribution in [2.45, 2.75) is 0 Å². The topological polar surface area (TPSA) is 81.0 Å². The van der Waals surface area contributed by atoms with Gasteiger partial charge in [-0.3, -0.25) is 10.1 Å². The van der Waals surface area contributed by atoms with Crippen LogP contribution in [0.15, 0.2) is 53.3 Å². The number of rotatable bonds is 3. The molecule has 104 valence electrons. The molecule has 3 rings (SSSR count). The first-order chi connectivity index (χ1) is 10.1. The zero-order valence-electron chi connectivity index (χ0n) is 10.7. The highest BCUT2D eigenvalue weighted by molar-refractivity contribution is 9.10. The van der Waals surface area contributed by atoms with Crippen molar-refractivity contribution in [2.24, 2.45) is 0 Å². The van der Waals surface area contributed by atoms with Crippen LogP contribution in [-0.2, 0) is 0 Å². The molecule has 0 aliphatic carbocycles. The second kappa shape index (κ2) is 5.45. The Kier molecular flexibility index (Phi) is 3.49. The lowest BCUT2D eigenvalue weighted by atomic mass is 10.2. The number of non-ortho nitro benzene ring substituents is 1. The van der Waals surface area contributed by atoms with Crippen LogP contribution in [-0.4, -0.2) is 14.9 Å². The maximum absolute atomic E-state index is 11.2. The minimum Gasteiger partial charge on any atom is -0.339 e. The van der Waals surface area contributed by atoms with Gasteiger partial charge in [0.15, 0.2) is 0 Å². The molecule has 1 aromatic heterocycles. The van der Waals surface area contributed by atoms with Crippen LogP contribution < -0.4 is 5.32 Å². The Morgan fingerprint density at radius 1 is 1.14 bits per heavy atom. The first-order valence-corrected chi connectivity index (χ1v) is 6.85. The Labute approximate surface area is 128 Å². The fourth-order valence-electron chi connectivity index (χ4n) is 2.04. The van der Waals surface area contributed by atoms with Crippen LogP contribution in [0.1, 0.15) is 0 Å². The molecule has 0 saturated heterocycles. The van der Waals surface area contributed by atoms with Crippen molar-refractivity contribution < 1.29 is 4.92 Å². The van der Waals surface area contributed by atoms with Crippen LogP contribution in [0.25, 0.3) is 10.9 Å². The number of nitrogens with one attached hydrogen (secondary N) is 1. The fraction of sp³-hybridized carbons (Fsp3) is 0. The van der Waals surface area contributed by atoms with Crippen molar-refractivity contribution in [1.82, 2.24) is 9.97 Å². The largest absolute Gasteiger partial charge is 0.339 e. The smallest absolute Gasteiger partial charge is 0.282 e. The summed E-state index contributed by atoms with van der Waals surface area (Å²) in [6, 6.07) is 12.2. The molecule has 0 aliphatic rings. The van der Waals surface area contributed by atoms with E-state index in [1.54, 1.807) is 12.1 Å². The highest BCUT2D eigenvalue weighted by Crippen LogP contribution is 2.31. The number of nitro benzene ring substituents is 1. The second-order valence-electron chi connectivity index (χ2n) is 4.29. The van der Waals surface area contributed by atoms with Gasteiger partial charge in [0.05, 0.1) is 10.4 Å². The summed E-state index contributed by atoms with van der Waals surface area (Å²) in [7, 11) is 0. The summed E-state index contributed by atoms with van der Waals surface area (Å²) >= 11 is 3.38. The molecule has 0 bridgehead atoms. The van der Waals surface area contributed by atoms with E-state index in [0.29, 0.717) is 16.7 Å². The van der Waals surface area contributed by atoms with Crippen LogP contribution in [0.3, 0.4) is 0 Å². The molecular weight excluding hydrogens is 336 g/mol. The zero-order chi connectivity index (χ0) is 14.8. The van der Waals surface area contributed by atoms with Gasteiger partial charge in [0.25, 0.3) is 5.69 Å². The molecular formula is C14H9BrN4O2. The van der Waals surface area contributed by atoms with E-state index in [0.717, 1.165) is 10.2 Å². The van der Waals surface area contributed by atoms with E-state index in [2.05, 4.69) is 31.2 Å². The molecule has 21 heavy (non-hydrogen) atoms. The van der Waals surface area contributed by atoms with Gasteiger partial charge in [-0.2, -0.15) is 0 Å². The van der Waals surface area contributed by atoms with Gasteiger partial charge >= 0.3 is 0 Å². The van der Waals surface area contributed by atoms with E-state index in [1.807, 2.05) is 24.3 Å². The third kappa shape index (κ3) is 2.68. The van der Waals surface area contributed by atoms with Crippen molar-refractivity contribution in [1.29, 1.82) is 0 Å². The third-order valence-electron chi connectivity index (χ3n) is 2.92. The molecule has 0 aliphatic heterocycles. The lowest BCUT2D eigenvalue weighted by Gasteiger charge is -2.08. The van der Waals surface area contributed by atoms with Gasteiger partial charge in [-0.25, -0.2) is 9.97 Å². The number of aromatic nitrogens is 2. The molecule has 0 radical (unpaired) electrons. The standard InChI is InChI=1S/C14H9BrN4O2/c15-9-3-1-4-10(7-9)18-14-13-11(16-8-17-14)5-2-6-12(13)19(20)21/h1-8H,(H,16,17,18). The van der Waals surface area contributed by atoms with Crippen LogP contribution in [0.4, 0.5) is 17.2 Å². The highest BCUT2D eigenvalue weighted by Gasteiger charge is 2.17. The molecule has 1 N–H and O–H groups in total. The van der Waals surface area contributed by atoms with Gasteiger partial charge in [0.1, 0.15) is 17.5 Å². The number of nitrogens with zero attached hydrogens (tertiary/aromatic N) is 3. The molecule has 0 unspecified atom stereocenters. The van der Waals surface area contributed by atoms with E-state index in [-0.39, 0.29) is 5.69 Å². The Hall–Kier alpha value is -2.54. The van der Waals surface area contributed by atoms with E-state index in [9.17, 15) is 10.1 Å². The number of fused-ring (bicyclic) bond motifs is 1. The molecule has 3 aromatic rings. The summed E-state index contributed by atoms with van der Waals surface area (Å²) in [5.74, 6) is 0.408. The number of hydrogen-bond donors (Lipinski definition) is 1. The van der Waals surface area contributed by atoms with Gasteiger partial charge in [0, 0.05) is 16.2 Å². The summed E-state index contributed by atoms with van der Waals surface area (Å²) in [6.07, 6.45) is 1.38. The number of halogens is 1. The van der Waals surface area contributed by atoms with Crippen LogP contribution in [0.2, 0.25) is 0 Å². The summed E-state index contributed by atoms with van der Waals surface area (Å²) in [4.78, 5) is 19.0. The van der Waals surface area contributed by atoms with E-state index < -0.39 is 4.92 Å². The monoisotopic (exact) mass is 344 g/mol. The summed E-state index contributed by atoms with van der Waals surface area (Å²) in [5.41, 5.74) is 1.28. The van der Waals surface area contributed by atoms with Crippen molar-refractivity contribution >= 4 is 44.0 Å². The summed E-state index contributed by atoms with van der Waals surface area (Å²) < 4.78 is 0.903. The first-order valence-electron chi connectivity index (χ1n) is 6.06. The lowest BCUT2D eigenvalue weighted by molar-refractivity contribution is -0.383. The quantitative estimate of drug-likeness (QED) is 0.572. The Balaban J connectivity index is 2.16. The average Bonchev–Trinajstić information content (AvgIpc) is 2.47. The van der Waals surface area contributed by atoms with Gasteiger partial charge in [-0.05, 0) is 24.3 Å². The normalized spacial score (nSPS) is 10.5. The maximum Gasteiger partial charge on any atom is 0.282 e. The van der Waals surface area contributed by atoms with Gasteiger partial charge in [-0.1, -0.05) is 28.1 Å². The van der Waals surface area contributed by atoms with Crippen molar-refractivity contribution in [3.8, 4) is 0 Å². The summed E-state index contributed by atoms with van der Waals surface area (Å²) in [6.45, 7) is 0. The van der Waals surface area contributed by atoms with Crippen LogP contribution in [0, 0.1) is 10.1 Å². The van der Waals surface area contributed by atoms with Gasteiger partial charge in [0.2, 0.25) is 0 Å². The predicted octanol–water partition coefficient (Wildman–Crippen LogP) is 4.04. The Morgan fingerprint density at radius 3 is 2.71 bits per heavy atom. The maximum atomic E-state index is 11.2. The number of hydrogen-bond acceptors (Lipinski definition) is 5. The predicted molar refractivity (Wildman–Crippen MR) is 83.6 cm³/mol. The molecule has 0 spiro atoms. The zero-order valence-corrected chi connectivity index (χ0v) is 12.2. The molecule has 2 aromatic carbocycles. The highest BCUT2D eigenvalue weighted by atomic mass is 79.9. The molecule has 1 heterocycles. The third-order valence-corrected chi connectivity index (χ3v) is 3.42. The van der Waals surface area contributed by atoms with Crippen molar-refractivity contribution in [3.63, 3.8) is 0 Å². The summed E-state index contributed by atoms with van der Waals surface area (Å²) in [5, 5.41) is 14.7. The molecule has 0 atom stereocenters. The SMILES string of the molecule is O=[N+]([O-])c1cccc2ncnc(Nc3cccc(Br)c3)c12. The lowest BCUT2D eigenvalue weighted by Crippen LogP contribution is -1.99. The molecule has 0 saturated carbocycles. The molecule has 0 fully saturated rings. The van der Waals surface area contributed by atoms with E-state index in [4.69, 9.17) is 0 Å². The van der Waals surface area contributed by atoms with Crippen LogP contribution >= 0.6 is 15.9 Å². The molecule has 6 nitrogen and oxygen atoms in total. The minimum atomic E-state index is -0.433. The van der Waals surface area contributed by atoms with E-state index >= 15 is 0 Å². The Morgan fingerprint density at radius 2 is 1.95 bits per heavy atom. The fourth-order valence-corrected chi connectivity index (χ4v) is 2.44. The minimum absolute atomic E-state index is 0.0226. The second-order valence-corrected chi connectivity index (χ2v) is 5.20. The number of nitro groups is 1. The van der Waals surface area contributed by atoms with Crippen molar-refractivity contribution in [3.05, 3.63) is 63.4 Å². The number of benzene rings is 2. The molecule has 7 heteroatoms. The average molecular weight is 345 g/mol. The van der Waals surface area contributed by atoms with E-state index in [1.165, 1.54) is 12.4 Å².